The fraction of sp³-hybridized carbons (Fsp3) is 0.909. The van der Waals surface area contributed by atoms with Crippen LogP contribution in [0.15, 0.2) is 0 Å². The van der Waals surface area contributed by atoms with E-state index in [1.165, 1.54) is 32.1 Å². The minimum absolute atomic E-state index is 0.434. The van der Waals surface area contributed by atoms with Crippen LogP contribution in [0.5, 0.6) is 0 Å². The summed E-state index contributed by atoms with van der Waals surface area (Å²) in [6, 6.07) is 0. The summed E-state index contributed by atoms with van der Waals surface area (Å²) in [5, 5.41) is 8.74. The van der Waals surface area contributed by atoms with E-state index in [0.29, 0.717) is 17.8 Å². The summed E-state index contributed by atoms with van der Waals surface area (Å²) in [6.07, 6.45) is 7.18. The van der Waals surface area contributed by atoms with Gasteiger partial charge in [-0.15, -0.1) is 0 Å². The van der Waals surface area contributed by atoms with E-state index in [4.69, 9.17) is 5.11 Å². The third-order valence-corrected chi connectivity index (χ3v) is 4.58. The van der Waals surface area contributed by atoms with Crippen molar-refractivity contribution in [3.05, 3.63) is 0 Å². The lowest BCUT2D eigenvalue weighted by molar-refractivity contribution is -0.137. The zero-order valence-electron chi connectivity index (χ0n) is 7.83. The van der Waals surface area contributed by atoms with Gasteiger partial charge in [0.05, 0.1) is 0 Å². The zero-order chi connectivity index (χ0) is 9.05. The second-order valence-electron chi connectivity index (χ2n) is 5.23. The summed E-state index contributed by atoms with van der Waals surface area (Å²) in [6.45, 7) is 0. The number of hydrogen-bond acceptors (Lipinski definition) is 1. The fourth-order valence-corrected chi connectivity index (χ4v) is 3.80. The van der Waals surface area contributed by atoms with Crippen molar-refractivity contribution in [2.45, 2.75) is 38.5 Å². The van der Waals surface area contributed by atoms with Gasteiger partial charge >= 0.3 is 5.97 Å². The third-order valence-electron chi connectivity index (χ3n) is 4.58. The van der Waals surface area contributed by atoms with Crippen molar-refractivity contribution in [1.82, 2.24) is 0 Å². The van der Waals surface area contributed by atoms with E-state index < -0.39 is 5.97 Å². The van der Waals surface area contributed by atoms with Crippen LogP contribution in [-0.4, -0.2) is 11.1 Å². The average molecular weight is 180 g/mol. The molecule has 0 aromatic heterocycles. The van der Waals surface area contributed by atoms with E-state index in [-0.39, 0.29) is 0 Å². The number of rotatable bonds is 2. The van der Waals surface area contributed by atoms with Crippen LogP contribution >= 0.6 is 0 Å². The van der Waals surface area contributed by atoms with E-state index in [9.17, 15) is 4.79 Å². The molecule has 3 fully saturated rings. The molecule has 2 heteroatoms. The predicted octanol–water partition coefficient (Wildman–Crippen LogP) is 2.29. The molecule has 13 heavy (non-hydrogen) atoms. The molecule has 3 saturated carbocycles. The molecule has 3 rings (SSSR count). The largest absolute Gasteiger partial charge is 0.481 e. The molecular weight excluding hydrogens is 164 g/mol. The molecule has 0 aliphatic heterocycles. The molecule has 0 bridgehead atoms. The molecule has 1 spiro atoms. The Morgan fingerprint density at radius 1 is 1.54 bits per heavy atom. The third kappa shape index (κ3) is 1.04. The van der Waals surface area contributed by atoms with Gasteiger partial charge in [-0.3, -0.25) is 4.79 Å². The normalized spacial score (nSPS) is 51.5. The van der Waals surface area contributed by atoms with Gasteiger partial charge < -0.3 is 5.11 Å². The second kappa shape index (κ2) is 2.28. The monoisotopic (exact) mass is 180 g/mol. The lowest BCUT2D eigenvalue weighted by Crippen LogP contribution is -2.14. The van der Waals surface area contributed by atoms with Gasteiger partial charge in [-0.2, -0.15) is 0 Å². The first-order chi connectivity index (χ1) is 6.22. The Labute approximate surface area is 78.3 Å². The number of carboxylic acids is 1. The Hall–Kier alpha value is -0.530. The highest BCUT2D eigenvalue weighted by molar-refractivity contribution is 5.67. The van der Waals surface area contributed by atoms with Gasteiger partial charge in [-0.1, -0.05) is 12.8 Å². The smallest absolute Gasteiger partial charge is 0.303 e. The lowest BCUT2D eigenvalue weighted by Gasteiger charge is -2.21. The molecule has 3 aliphatic rings. The molecule has 0 amide bonds. The molecule has 3 aliphatic carbocycles. The SMILES string of the molecule is O=C(O)CC1CC12CCCC1CC12. The quantitative estimate of drug-likeness (QED) is 0.708. The van der Waals surface area contributed by atoms with Crippen LogP contribution in [0.1, 0.15) is 38.5 Å². The summed E-state index contributed by atoms with van der Waals surface area (Å²) in [5.74, 6) is 1.88. The highest BCUT2D eigenvalue weighted by Crippen LogP contribution is 2.74. The van der Waals surface area contributed by atoms with Crippen LogP contribution in [0.2, 0.25) is 0 Å². The Morgan fingerprint density at radius 3 is 3.15 bits per heavy atom. The molecule has 0 aromatic carbocycles. The van der Waals surface area contributed by atoms with Crippen molar-refractivity contribution in [2.24, 2.45) is 23.2 Å². The van der Waals surface area contributed by atoms with Gasteiger partial charge in [0.2, 0.25) is 0 Å². The van der Waals surface area contributed by atoms with Gasteiger partial charge in [0.1, 0.15) is 0 Å². The van der Waals surface area contributed by atoms with Crippen molar-refractivity contribution in [2.75, 3.05) is 0 Å². The summed E-state index contributed by atoms with van der Waals surface area (Å²) in [4.78, 5) is 10.6. The standard InChI is InChI=1S/C11H16O2/c12-10(13)5-8-6-11(8)3-1-2-7-4-9(7)11/h7-9H,1-6H2,(H,12,13). The van der Waals surface area contributed by atoms with Gasteiger partial charge in [0, 0.05) is 6.42 Å². The van der Waals surface area contributed by atoms with E-state index in [1.807, 2.05) is 0 Å². The maximum atomic E-state index is 10.6. The maximum absolute atomic E-state index is 10.6. The molecule has 4 atom stereocenters. The Balaban J connectivity index is 1.68. The van der Waals surface area contributed by atoms with E-state index in [0.717, 1.165) is 11.8 Å². The van der Waals surface area contributed by atoms with Crippen molar-refractivity contribution < 1.29 is 9.90 Å². The lowest BCUT2D eigenvalue weighted by atomic mass is 9.83. The first kappa shape index (κ1) is 7.84. The summed E-state index contributed by atoms with van der Waals surface area (Å²) in [7, 11) is 0. The number of aliphatic carboxylic acids is 1. The van der Waals surface area contributed by atoms with Crippen molar-refractivity contribution in [1.29, 1.82) is 0 Å². The molecular formula is C11H16O2. The van der Waals surface area contributed by atoms with Gasteiger partial charge in [-0.25, -0.2) is 0 Å². The molecule has 0 saturated heterocycles. The van der Waals surface area contributed by atoms with E-state index in [2.05, 4.69) is 0 Å². The van der Waals surface area contributed by atoms with Gasteiger partial charge in [-0.05, 0) is 42.4 Å². The van der Waals surface area contributed by atoms with Crippen LogP contribution in [0, 0.1) is 23.2 Å². The first-order valence-corrected chi connectivity index (χ1v) is 5.44. The number of fused-ring (bicyclic) bond motifs is 2. The van der Waals surface area contributed by atoms with Crippen LogP contribution in [0.3, 0.4) is 0 Å². The highest BCUT2D eigenvalue weighted by Gasteiger charge is 2.66. The topological polar surface area (TPSA) is 37.3 Å². The minimum atomic E-state index is -0.593. The molecule has 1 N–H and O–H groups in total. The molecule has 2 nitrogen and oxygen atoms in total. The molecule has 0 aromatic rings. The Kier molecular flexibility index (Phi) is 1.38. The maximum Gasteiger partial charge on any atom is 0.303 e. The van der Waals surface area contributed by atoms with Gasteiger partial charge in [0.25, 0.3) is 0 Å². The summed E-state index contributed by atoms with van der Waals surface area (Å²) in [5.41, 5.74) is 0.529. The van der Waals surface area contributed by atoms with Crippen LogP contribution in [-0.2, 0) is 4.79 Å². The van der Waals surface area contributed by atoms with Crippen molar-refractivity contribution in [3.63, 3.8) is 0 Å². The summed E-state index contributed by atoms with van der Waals surface area (Å²) >= 11 is 0. The van der Waals surface area contributed by atoms with Crippen LogP contribution in [0.25, 0.3) is 0 Å². The Morgan fingerprint density at radius 2 is 2.38 bits per heavy atom. The molecule has 4 unspecified atom stereocenters. The summed E-state index contributed by atoms with van der Waals surface area (Å²) < 4.78 is 0. The van der Waals surface area contributed by atoms with E-state index in [1.54, 1.807) is 0 Å². The van der Waals surface area contributed by atoms with Crippen LogP contribution in [0.4, 0.5) is 0 Å². The predicted molar refractivity (Wildman–Crippen MR) is 48.2 cm³/mol. The van der Waals surface area contributed by atoms with Crippen LogP contribution < -0.4 is 0 Å². The number of carboxylic acid groups (broad SMARTS) is 1. The second-order valence-corrected chi connectivity index (χ2v) is 5.23. The first-order valence-electron chi connectivity index (χ1n) is 5.44. The van der Waals surface area contributed by atoms with Gasteiger partial charge in [0.15, 0.2) is 0 Å². The van der Waals surface area contributed by atoms with E-state index >= 15 is 0 Å². The highest BCUT2D eigenvalue weighted by atomic mass is 16.4. The molecule has 0 radical (unpaired) electrons. The number of carbonyl (C=O) groups is 1. The van der Waals surface area contributed by atoms with Crippen molar-refractivity contribution in [3.8, 4) is 0 Å². The Bertz CT molecular complexity index is 261. The zero-order valence-corrected chi connectivity index (χ0v) is 7.83. The molecule has 0 heterocycles. The molecule has 72 valence electrons. The minimum Gasteiger partial charge on any atom is -0.481 e. The fourth-order valence-electron chi connectivity index (χ4n) is 3.80. The average Bonchev–Trinajstić information content (AvgIpc) is 2.89. The van der Waals surface area contributed by atoms with Crippen molar-refractivity contribution >= 4 is 5.97 Å². The number of hydrogen-bond donors (Lipinski definition) is 1.